The monoisotopic (exact) mass is 333 g/mol. The van der Waals surface area contributed by atoms with Crippen molar-refractivity contribution < 1.29 is 4.79 Å². The normalized spacial score (nSPS) is 14.3. The average Bonchev–Trinajstić information content (AvgIpc) is 3.18. The minimum absolute atomic E-state index is 0.111. The van der Waals surface area contributed by atoms with Crippen molar-refractivity contribution in [3.63, 3.8) is 0 Å². The molecule has 0 unspecified atom stereocenters. The zero-order valence-corrected chi connectivity index (χ0v) is 14.1. The van der Waals surface area contributed by atoms with Gasteiger partial charge in [-0.2, -0.15) is 0 Å². The Morgan fingerprint density at radius 1 is 1.30 bits per heavy atom. The molecule has 3 rings (SSSR count). The Morgan fingerprint density at radius 3 is 2.74 bits per heavy atom. The molecule has 0 saturated carbocycles. The lowest BCUT2D eigenvalue weighted by molar-refractivity contribution is -0.130. The van der Waals surface area contributed by atoms with Crippen molar-refractivity contribution in [2.45, 2.75) is 26.3 Å². The van der Waals surface area contributed by atoms with Crippen LogP contribution in [0, 0.1) is 6.92 Å². The molecule has 1 aromatic carbocycles. The SMILES string of the molecule is CNc1ccc(Cl)cc1-c1nnc(C)n1CC(=O)N1CCCC1. The Morgan fingerprint density at radius 2 is 2.04 bits per heavy atom. The molecule has 0 spiro atoms. The maximum atomic E-state index is 12.5. The molecule has 23 heavy (non-hydrogen) atoms. The smallest absolute Gasteiger partial charge is 0.242 e. The molecule has 1 fully saturated rings. The molecule has 7 heteroatoms. The van der Waals surface area contributed by atoms with Crippen molar-refractivity contribution in [2.75, 3.05) is 25.5 Å². The third-order valence-electron chi connectivity index (χ3n) is 4.18. The number of hydrogen-bond donors (Lipinski definition) is 1. The highest BCUT2D eigenvalue weighted by molar-refractivity contribution is 6.31. The molecule has 1 aliphatic heterocycles. The first kappa shape index (κ1) is 15.8. The van der Waals surface area contributed by atoms with Gasteiger partial charge in [0.25, 0.3) is 0 Å². The fourth-order valence-electron chi connectivity index (χ4n) is 2.89. The van der Waals surface area contributed by atoms with Crippen LogP contribution in [0.2, 0.25) is 5.02 Å². The highest BCUT2D eigenvalue weighted by Crippen LogP contribution is 2.30. The molecule has 2 heterocycles. The van der Waals surface area contributed by atoms with Crippen molar-refractivity contribution >= 4 is 23.2 Å². The van der Waals surface area contributed by atoms with Gasteiger partial charge in [0.15, 0.2) is 5.82 Å². The Labute approximate surface area is 140 Å². The number of nitrogens with one attached hydrogen (secondary N) is 1. The van der Waals surface area contributed by atoms with Gasteiger partial charge in [-0.1, -0.05) is 11.6 Å². The Hall–Kier alpha value is -2.08. The number of aryl methyl sites for hydroxylation is 1. The molecule has 1 aliphatic rings. The molecule has 1 amide bonds. The van der Waals surface area contributed by atoms with E-state index in [0.717, 1.165) is 43.0 Å². The third kappa shape index (κ3) is 3.17. The number of halogens is 1. The Bertz CT molecular complexity index is 721. The molecular formula is C16H20ClN5O. The van der Waals surface area contributed by atoms with E-state index in [-0.39, 0.29) is 12.5 Å². The summed E-state index contributed by atoms with van der Waals surface area (Å²) in [5.41, 5.74) is 1.74. The molecule has 0 radical (unpaired) electrons. The summed E-state index contributed by atoms with van der Waals surface area (Å²) in [6.07, 6.45) is 2.16. The minimum atomic E-state index is 0.111. The third-order valence-corrected chi connectivity index (χ3v) is 4.41. The number of aromatic nitrogens is 3. The summed E-state index contributed by atoms with van der Waals surface area (Å²) in [4.78, 5) is 14.4. The van der Waals surface area contributed by atoms with Crippen LogP contribution in [0.3, 0.4) is 0 Å². The molecule has 1 saturated heterocycles. The number of anilines is 1. The maximum Gasteiger partial charge on any atom is 0.242 e. The Kier molecular flexibility index (Phi) is 4.52. The zero-order valence-electron chi connectivity index (χ0n) is 13.3. The van der Waals surface area contributed by atoms with Crippen LogP contribution in [-0.4, -0.2) is 45.7 Å². The number of carbonyl (C=O) groups is 1. The van der Waals surface area contributed by atoms with E-state index in [1.165, 1.54) is 0 Å². The van der Waals surface area contributed by atoms with Crippen LogP contribution < -0.4 is 5.32 Å². The van der Waals surface area contributed by atoms with Crippen molar-refractivity contribution in [2.24, 2.45) is 0 Å². The molecule has 1 N–H and O–H groups in total. The van der Waals surface area contributed by atoms with Gasteiger partial charge in [0.1, 0.15) is 12.4 Å². The van der Waals surface area contributed by atoms with Gasteiger partial charge < -0.3 is 14.8 Å². The van der Waals surface area contributed by atoms with Crippen LogP contribution in [0.1, 0.15) is 18.7 Å². The molecular weight excluding hydrogens is 314 g/mol. The van der Waals surface area contributed by atoms with Crippen LogP contribution >= 0.6 is 11.6 Å². The van der Waals surface area contributed by atoms with Crippen molar-refractivity contribution in [3.05, 3.63) is 29.0 Å². The molecule has 2 aromatic rings. The molecule has 0 aliphatic carbocycles. The zero-order chi connectivity index (χ0) is 16.4. The molecule has 0 atom stereocenters. The number of amides is 1. The van der Waals surface area contributed by atoms with Crippen molar-refractivity contribution in [1.82, 2.24) is 19.7 Å². The van der Waals surface area contributed by atoms with E-state index in [9.17, 15) is 4.79 Å². The van der Waals surface area contributed by atoms with Crippen LogP contribution in [0.4, 0.5) is 5.69 Å². The van der Waals surface area contributed by atoms with Crippen molar-refractivity contribution in [3.8, 4) is 11.4 Å². The topological polar surface area (TPSA) is 63.1 Å². The maximum absolute atomic E-state index is 12.5. The number of carbonyl (C=O) groups excluding carboxylic acids is 1. The Balaban J connectivity index is 1.95. The molecule has 6 nitrogen and oxygen atoms in total. The number of likely N-dealkylation sites (tertiary alicyclic amines) is 1. The molecule has 0 bridgehead atoms. The van der Waals surface area contributed by atoms with Gasteiger partial charge in [0.2, 0.25) is 5.91 Å². The summed E-state index contributed by atoms with van der Waals surface area (Å²) in [7, 11) is 1.84. The van der Waals surface area contributed by atoms with Gasteiger partial charge in [-0.3, -0.25) is 4.79 Å². The van der Waals surface area contributed by atoms with E-state index in [0.29, 0.717) is 10.8 Å². The fourth-order valence-corrected chi connectivity index (χ4v) is 3.06. The largest absolute Gasteiger partial charge is 0.388 e. The number of hydrogen-bond acceptors (Lipinski definition) is 4. The van der Waals surface area contributed by atoms with Crippen LogP contribution in [0.25, 0.3) is 11.4 Å². The van der Waals surface area contributed by atoms with E-state index in [1.807, 2.05) is 41.6 Å². The standard InChI is InChI=1S/C16H20ClN5O/c1-11-19-20-16(13-9-12(17)5-6-14(13)18-2)22(11)10-15(23)21-7-3-4-8-21/h5-6,9,18H,3-4,7-8,10H2,1-2H3. The summed E-state index contributed by atoms with van der Waals surface area (Å²) >= 11 is 6.13. The lowest BCUT2D eigenvalue weighted by Crippen LogP contribution is -2.31. The highest BCUT2D eigenvalue weighted by atomic mass is 35.5. The van der Waals surface area contributed by atoms with Gasteiger partial charge in [-0.15, -0.1) is 10.2 Å². The van der Waals surface area contributed by atoms with E-state index >= 15 is 0 Å². The second-order valence-corrected chi connectivity index (χ2v) is 6.12. The summed E-state index contributed by atoms with van der Waals surface area (Å²) in [5, 5.41) is 12.2. The number of benzene rings is 1. The summed E-state index contributed by atoms with van der Waals surface area (Å²) in [5.74, 6) is 1.48. The average molecular weight is 334 g/mol. The van der Waals surface area contributed by atoms with E-state index in [1.54, 1.807) is 0 Å². The first-order chi connectivity index (χ1) is 11.1. The van der Waals surface area contributed by atoms with Crippen LogP contribution in [0.15, 0.2) is 18.2 Å². The summed E-state index contributed by atoms with van der Waals surface area (Å²) in [6.45, 7) is 3.80. The quantitative estimate of drug-likeness (QED) is 0.934. The van der Waals surface area contributed by atoms with Crippen LogP contribution in [-0.2, 0) is 11.3 Å². The first-order valence-electron chi connectivity index (χ1n) is 7.75. The van der Waals surface area contributed by atoms with E-state index in [2.05, 4.69) is 15.5 Å². The van der Waals surface area contributed by atoms with Gasteiger partial charge in [-0.25, -0.2) is 0 Å². The van der Waals surface area contributed by atoms with E-state index < -0.39 is 0 Å². The molecule has 1 aromatic heterocycles. The number of rotatable bonds is 4. The number of nitrogens with zero attached hydrogens (tertiary/aromatic N) is 4. The van der Waals surface area contributed by atoms with Gasteiger partial charge in [0, 0.05) is 36.4 Å². The van der Waals surface area contributed by atoms with Gasteiger partial charge in [-0.05, 0) is 38.0 Å². The minimum Gasteiger partial charge on any atom is -0.388 e. The van der Waals surface area contributed by atoms with Crippen molar-refractivity contribution in [1.29, 1.82) is 0 Å². The second kappa shape index (κ2) is 6.58. The predicted molar refractivity (Wildman–Crippen MR) is 90.6 cm³/mol. The summed E-state index contributed by atoms with van der Waals surface area (Å²) in [6, 6.07) is 5.56. The first-order valence-corrected chi connectivity index (χ1v) is 8.13. The lowest BCUT2D eigenvalue weighted by atomic mass is 10.1. The lowest BCUT2D eigenvalue weighted by Gasteiger charge is -2.17. The molecule has 122 valence electrons. The van der Waals surface area contributed by atoms with E-state index in [4.69, 9.17) is 11.6 Å². The van der Waals surface area contributed by atoms with Gasteiger partial charge >= 0.3 is 0 Å². The second-order valence-electron chi connectivity index (χ2n) is 5.68. The van der Waals surface area contributed by atoms with Crippen LogP contribution in [0.5, 0.6) is 0 Å². The predicted octanol–water partition coefficient (Wildman–Crippen LogP) is 2.57. The fraction of sp³-hybridized carbons (Fsp3) is 0.438. The summed E-state index contributed by atoms with van der Waals surface area (Å²) < 4.78 is 1.85. The van der Waals surface area contributed by atoms with Gasteiger partial charge in [0.05, 0.1) is 0 Å². The highest BCUT2D eigenvalue weighted by Gasteiger charge is 2.22.